The number of nitrogens with two attached hydrogens (primary N) is 1. The highest BCUT2D eigenvalue weighted by Gasteiger charge is 1.99. The van der Waals surface area contributed by atoms with E-state index in [0.29, 0.717) is 5.13 Å². The zero-order chi connectivity index (χ0) is 9.80. The van der Waals surface area contributed by atoms with E-state index < -0.39 is 0 Å². The summed E-state index contributed by atoms with van der Waals surface area (Å²) < 4.78 is 0. The van der Waals surface area contributed by atoms with Crippen LogP contribution in [0.4, 0.5) is 5.13 Å². The number of nitrogens with zero attached hydrogens (tertiary/aromatic N) is 2. The monoisotopic (exact) mass is 205 g/mol. The fourth-order valence-electron chi connectivity index (χ4n) is 1.26. The van der Waals surface area contributed by atoms with Crippen molar-refractivity contribution in [3.63, 3.8) is 0 Å². The molecule has 2 aromatic heterocycles. The van der Waals surface area contributed by atoms with Gasteiger partial charge in [-0.3, -0.25) is 4.98 Å². The van der Waals surface area contributed by atoms with Crippen molar-refractivity contribution in [3.8, 4) is 0 Å². The van der Waals surface area contributed by atoms with Gasteiger partial charge in [0, 0.05) is 17.8 Å². The van der Waals surface area contributed by atoms with Crippen LogP contribution in [0.3, 0.4) is 0 Å². The molecule has 0 aliphatic rings. The van der Waals surface area contributed by atoms with Gasteiger partial charge in [0.1, 0.15) is 0 Å². The third kappa shape index (κ3) is 2.29. The predicted octanol–water partition coefficient (Wildman–Crippen LogP) is 1.91. The largest absolute Gasteiger partial charge is 0.375 e. The van der Waals surface area contributed by atoms with Crippen LogP contribution in [0.1, 0.15) is 11.3 Å². The Morgan fingerprint density at radius 1 is 1.21 bits per heavy atom. The predicted molar refractivity (Wildman–Crippen MR) is 58.2 cm³/mol. The number of nitrogen functional groups attached to an aromatic ring is 1. The fourth-order valence-corrected chi connectivity index (χ4v) is 1.86. The lowest BCUT2D eigenvalue weighted by atomic mass is 10.1. The number of pyridine rings is 1. The molecule has 0 atom stereocenters. The molecule has 0 aliphatic heterocycles. The molecule has 2 aromatic rings. The van der Waals surface area contributed by atoms with E-state index in [4.69, 9.17) is 5.73 Å². The summed E-state index contributed by atoms with van der Waals surface area (Å²) in [7, 11) is 0. The molecule has 0 saturated heterocycles. The van der Waals surface area contributed by atoms with E-state index >= 15 is 0 Å². The van der Waals surface area contributed by atoms with Gasteiger partial charge in [-0.05, 0) is 30.5 Å². The third-order valence-corrected chi connectivity index (χ3v) is 2.71. The van der Waals surface area contributed by atoms with Crippen LogP contribution < -0.4 is 5.73 Å². The van der Waals surface area contributed by atoms with Crippen molar-refractivity contribution in [2.45, 2.75) is 12.8 Å². The summed E-state index contributed by atoms with van der Waals surface area (Å²) >= 11 is 1.49. The van der Waals surface area contributed by atoms with Gasteiger partial charge in [-0.25, -0.2) is 4.98 Å². The molecule has 3 nitrogen and oxygen atoms in total. The number of anilines is 1. The van der Waals surface area contributed by atoms with Crippen molar-refractivity contribution in [1.29, 1.82) is 0 Å². The quantitative estimate of drug-likeness (QED) is 0.832. The Bertz CT molecular complexity index is 397. The number of aryl methyl sites for hydroxylation is 2. The van der Waals surface area contributed by atoms with E-state index in [2.05, 4.69) is 9.97 Å². The van der Waals surface area contributed by atoms with E-state index in [1.807, 2.05) is 29.9 Å². The van der Waals surface area contributed by atoms with E-state index in [0.717, 1.165) is 18.5 Å². The molecule has 0 aromatic carbocycles. The van der Waals surface area contributed by atoms with Crippen molar-refractivity contribution in [2.75, 3.05) is 5.73 Å². The summed E-state index contributed by atoms with van der Waals surface area (Å²) in [6.45, 7) is 0. The highest BCUT2D eigenvalue weighted by molar-refractivity contribution is 7.13. The zero-order valence-electron chi connectivity index (χ0n) is 7.68. The molecule has 14 heavy (non-hydrogen) atoms. The molecule has 0 fully saturated rings. The van der Waals surface area contributed by atoms with Crippen LogP contribution >= 0.6 is 11.3 Å². The Labute approximate surface area is 86.6 Å². The van der Waals surface area contributed by atoms with Crippen molar-refractivity contribution in [1.82, 2.24) is 9.97 Å². The average Bonchev–Trinajstić information content (AvgIpc) is 2.63. The Morgan fingerprint density at radius 2 is 2.00 bits per heavy atom. The molecule has 0 unspecified atom stereocenters. The SMILES string of the molecule is Nc1nc(CCc2ccncc2)cs1. The number of hydrogen-bond acceptors (Lipinski definition) is 4. The van der Waals surface area contributed by atoms with Crippen LogP contribution in [-0.4, -0.2) is 9.97 Å². The number of aromatic nitrogens is 2. The summed E-state index contributed by atoms with van der Waals surface area (Å²) in [5.74, 6) is 0. The van der Waals surface area contributed by atoms with Crippen molar-refractivity contribution >= 4 is 16.5 Å². The first kappa shape index (κ1) is 9.15. The highest BCUT2D eigenvalue weighted by Crippen LogP contribution is 2.13. The Hall–Kier alpha value is -1.42. The second-order valence-corrected chi connectivity index (χ2v) is 3.92. The molecule has 0 spiro atoms. The van der Waals surface area contributed by atoms with Crippen molar-refractivity contribution in [3.05, 3.63) is 41.2 Å². The fraction of sp³-hybridized carbons (Fsp3) is 0.200. The van der Waals surface area contributed by atoms with Gasteiger partial charge in [0.25, 0.3) is 0 Å². The van der Waals surface area contributed by atoms with Crippen LogP contribution in [-0.2, 0) is 12.8 Å². The minimum Gasteiger partial charge on any atom is -0.375 e. The number of hydrogen-bond donors (Lipinski definition) is 1. The molecule has 0 saturated carbocycles. The summed E-state index contributed by atoms with van der Waals surface area (Å²) in [4.78, 5) is 8.18. The molecule has 2 N–H and O–H groups in total. The van der Waals surface area contributed by atoms with E-state index in [1.165, 1.54) is 16.9 Å². The van der Waals surface area contributed by atoms with Crippen LogP contribution in [0.25, 0.3) is 0 Å². The molecule has 72 valence electrons. The molecule has 0 aliphatic carbocycles. The lowest BCUT2D eigenvalue weighted by Gasteiger charge is -1.97. The lowest BCUT2D eigenvalue weighted by molar-refractivity contribution is 0.924. The van der Waals surface area contributed by atoms with Gasteiger partial charge >= 0.3 is 0 Å². The second kappa shape index (κ2) is 4.19. The van der Waals surface area contributed by atoms with E-state index in [9.17, 15) is 0 Å². The highest BCUT2D eigenvalue weighted by atomic mass is 32.1. The smallest absolute Gasteiger partial charge is 0.180 e. The molecular formula is C10H11N3S. The van der Waals surface area contributed by atoms with Gasteiger partial charge in [-0.2, -0.15) is 0 Å². The standard InChI is InChI=1S/C10H11N3S/c11-10-13-9(7-14-10)2-1-8-3-5-12-6-4-8/h3-7H,1-2H2,(H2,11,13). The Kier molecular flexibility index (Phi) is 2.74. The van der Waals surface area contributed by atoms with E-state index in [1.54, 1.807) is 0 Å². The summed E-state index contributed by atoms with van der Waals surface area (Å²) in [5, 5.41) is 2.66. The van der Waals surface area contributed by atoms with Crippen LogP contribution in [0, 0.1) is 0 Å². The number of rotatable bonds is 3. The third-order valence-electron chi connectivity index (χ3n) is 1.99. The first-order chi connectivity index (χ1) is 6.84. The summed E-state index contributed by atoms with van der Waals surface area (Å²) in [5.41, 5.74) is 7.90. The molecular weight excluding hydrogens is 194 g/mol. The van der Waals surface area contributed by atoms with Gasteiger partial charge in [-0.1, -0.05) is 0 Å². The molecule has 0 bridgehead atoms. The first-order valence-corrected chi connectivity index (χ1v) is 5.31. The maximum atomic E-state index is 5.54. The Morgan fingerprint density at radius 3 is 2.64 bits per heavy atom. The van der Waals surface area contributed by atoms with Gasteiger partial charge in [0.15, 0.2) is 5.13 Å². The Balaban J connectivity index is 1.95. The summed E-state index contributed by atoms with van der Waals surface area (Å²) in [6, 6.07) is 4.05. The molecule has 4 heteroatoms. The van der Waals surface area contributed by atoms with E-state index in [-0.39, 0.29) is 0 Å². The minimum atomic E-state index is 0.648. The average molecular weight is 205 g/mol. The minimum absolute atomic E-state index is 0.648. The lowest BCUT2D eigenvalue weighted by Crippen LogP contribution is -1.92. The molecule has 0 amide bonds. The molecule has 0 radical (unpaired) electrons. The van der Waals surface area contributed by atoms with Crippen molar-refractivity contribution in [2.24, 2.45) is 0 Å². The maximum Gasteiger partial charge on any atom is 0.180 e. The zero-order valence-corrected chi connectivity index (χ0v) is 8.50. The number of thiazole rings is 1. The normalized spacial score (nSPS) is 10.3. The topological polar surface area (TPSA) is 51.8 Å². The van der Waals surface area contributed by atoms with Crippen LogP contribution in [0.15, 0.2) is 29.9 Å². The van der Waals surface area contributed by atoms with Gasteiger partial charge < -0.3 is 5.73 Å². The second-order valence-electron chi connectivity index (χ2n) is 3.03. The first-order valence-electron chi connectivity index (χ1n) is 4.43. The van der Waals surface area contributed by atoms with Crippen molar-refractivity contribution < 1.29 is 0 Å². The van der Waals surface area contributed by atoms with Gasteiger partial charge in [-0.15, -0.1) is 11.3 Å². The maximum absolute atomic E-state index is 5.54. The molecule has 2 heterocycles. The van der Waals surface area contributed by atoms with Gasteiger partial charge in [0.05, 0.1) is 5.69 Å². The molecule has 2 rings (SSSR count). The summed E-state index contributed by atoms with van der Waals surface area (Å²) in [6.07, 6.45) is 5.55. The van der Waals surface area contributed by atoms with Crippen LogP contribution in [0.5, 0.6) is 0 Å². The van der Waals surface area contributed by atoms with Crippen LogP contribution in [0.2, 0.25) is 0 Å². The van der Waals surface area contributed by atoms with Gasteiger partial charge in [0.2, 0.25) is 0 Å².